The van der Waals surface area contributed by atoms with Gasteiger partial charge >= 0.3 is 0 Å². The summed E-state index contributed by atoms with van der Waals surface area (Å²) >= 11 is 0.0405. The lowest BCUT2D eigenvalue weighted by Gasteiger charge is -2.09. The quantitative estimate of drug-likeness (QED) is 0.767. The van der Waals surface area contributed by atoms with E-state index in [0.29, 0.717) is 22.6 Å². The van der Waals surface area contributed by atoms with Crippen LogP contribution in [0.5, 0.6) is 5.75 Å². The van der Waals surface area contributed by atoms with Gasteiger partial charge in [-0.05, 0) is 38.1 Å². The Bertz CT molecular complexity index is 935. The maximum Gasteiger partial charge on any atom is 0.274 e. The number of benzene rings is 1. The predicted octanol–water partition coefficient (Wildman–Crippen LogP) is 3.00. The highest BCUT2D eigenvalue weighted by Crippen LogP contribution is 2.30. The highest BCUT2D eigenvalue weighted by Gasteiger charge is 2.17. The van der Waals surface area contributed by atoms with E-state index in [1.807, 2.05) is 13.8 Å². The van der Waals surface area contributed by atoms with Gasteiger partial charge in [-0.3, -0.25) is 4.79 Å². The monoisotopic (exact) mass is 348 g/mol. The lowest BCUT2D eigenvalue weighted by molar-refractivity contribution is 0.245. The van der Waals surface area contributed by atoms with Crippen LogP contribution in [0.1, 0.15) is 19.7 Å². The minimum absolute atomic E-state index is 0.0289. The maximum atomic E-state index is 13.5. The largest absolute Gasteiger partial charge is 0.489 e. The van der Waals surface area contributed by atoms with Crippen LogP contribution in [0.4, 0.5) is 9.57 Å². The Labute approximate surface area is 142 Å². The van der Waals surface area contributed by atoms with Gasteiger partial charge in [-0.2, -0.15) is 0 Å². The third-order valence-corrected chi connectivity index (χ3v) is 4.01. The van der Waals surface area contributed by atoms with Crippen molar-refractivity contribution >= 4 is 29.1 Å². The summed E-state index contributed by atoms with van der Waals surface area (Å²) in [5, 5.41) is 0. The number of fused-ring (bicyclic) bond motifs is 1. The molecule has 0 saturated heterocycles. The van der Waals surface area contributed by atoms with Crippen molar-refractivity contribution in [3.63, 3.8) is 0 Å². The fourth-order valence-electron chi connectivity index (χ4n) is 2.46. The van der Waals surface area contributed by atoms with Crippen LogP contribution in [0.15, 0.2) is 41.3 Å². The van der Waals surface area contributed by atoms with Crippen LogP contribution in [-0.4, -0.2) is 19.6 Å². The van der Waals surface area contributed by atoms with Crippen LogP contribution in [0, 0.1) is 0 Å². The van der Waals surface area contributed by atoms with E-state index in [0.717, 1.165) is 0 Å². The van der Waals surface area contributed by atoms with Crippen molar-refractivity contribution in [1.29, 1.82) is 0 Å². The highest BCUT2D eigenvalue weighted by atomic mass is 32.2. The number of halogens is 1. The molecule has 0 atom stereocenters. The van der Waals surface area contributed by atoms with E-state index in [9.17, 15) is 8.68 Å². The fourth-order valence-corrected chi connectivity index (χ4v) is 2.86. The molecule has 0 fully saturated rings. The Morgan fingerprint density at radius 2 is 2.12 bits per heavy atom. The van der Waals surface area contributed by atoms with Gasteiger partial charge in [0.2, 0.25) is 0 Å². The summed E-state index contributed by atoms with van der Waals surface area (Å²) in [6, 6.07) is 8.53. The lowest BCUT2D eigenvalue weighted by atomic mass is 10.3. The van der Waals surface area contributed by atoms with Crippen molar-refractivity contribution in [2.75, 3.05) is 5.73 Å². The molecule has 0 amide bonds. The zero-order valence-electron chi connectivity index (χ0n) is 13.3. The van der Waals surface area contributed by atoms with Gasteiger partial charge in [-0.1, -0.05) is 6.07 Å². The number of nitrogens with zero attached hydrogens (tertiary/aromatic N) is 3. The molecule has 6 nitrogen and oxygen atoms in total. The Balaban J connectivity index is 2.11. The molecule has 3 aromatic rings. The molecule has 8 heteroatoms. The molecule has 24 heavy (non-hydrogen) atoms. The number of nitrogens with two attached hydrogens (primary N) is 1. The van der Waals surface area contributed by atoms with Crippen LogP contribution in [0.2, 0.25) is 0 Å². The maximum absolute atomic E-state index is 13.5. The molecule has 0 aliphatic carbocycles. The minimum atomic E-state index is -0.335. The fraction of sp³-hybridized carbons (Fsp3) is 0.250. The molecule has 0 radical (unpaired) electrons. The molecule has 0 saturated carbocycles. The molecule has 0 unspecified atom stereocenters. The van der Waals surface area contributed by atoms with Crippen LogP contribution in [0.3, 0.4) is 0 Å². The van der Waals surface area contributed by atoms with Crippen LogP contribution < -0.4 is 16.0 Å². The van der Waals surface area contributed by atoms with Crippen LogP contribution in [-0.2, 0) is 6.54 Å². The minimum Gasteiger partial charge on any atom is -0.489 e. The number of nitrogen functional groups attached to an aromatic ring is 1. The molecule has 2 heterocycles. The average Bonchev–Trinajstić information content (AvgIpc) is 2.89. The Hall–Kier alpha value is -2.48. The van der Waals surface area contributed by atoms with Crippen molar-refractivity contribution in [2.45, 2.75) is 26.5 Å². The molecule has 0 aliphatic rings. The Morgan fingerprint density at radius 1 is 1.33 bits per heavy atom. The van der Waals surface area contributed by atoms with Gasteiger partial charge in [0.05, 0.1) is 23.9 Å². The molecule has 126 valence electrons. The number of imidazole rings is 1. The molecule has 0 spiro atoms. The first-order valence-electron chi connectivity index (χ1n) is 7.42. The summed E-state index contributed by atoms with van der Waals surface area (Å²) < 4.78 is 22.0. The number of ether oxygens (including phenoxy) is 1. The number of hydrogen-bond donors (Lipinski definition) is 1. The highest BCUT2D eigenvalue weighted by molar-refractivity contribution is 7.92. The van der Waals surface area contributed by atoms with E-state index < -0.39 is 0 Å². The first-order valence-corrected chi connectivity index (χ1v) is 8.09. The zero-order valence-corrected chi connectivity index (χ0v) is 14.1. The molecule has 0 aliphatic heterocycles. The standard InChI is InChI=1S/C16H17FN4O2S/c1-10(2)23-13-7-3-6-12-15(13)19-14(21(12)24-17)9-20-8-4-5-11(18)16(20)22/h3-8,10H,9,18H2,1-2H3. The molecule has 2 aromatic heterocycles. The molecule has 2 N–H and O–H groups in total. The average molecular weight is 348 g/mol. The number of hydrogen-bond acceptors (Lipinski definition) is 5. The van der Waals surface area contributed by atoms with Gasteiger partial charge in [-0.15, -0.1) is 3.89 Å². The molecule has 3 rings (SSSR count). The number of anilines is 1. The van der Waals surface area contributed by atoms with Gasteiger partial charge in [0, 0.05) is 6.20 Å². The van der Waals surface area contributed by atoms with Gasteiger partial charge in [0.15, 0.2) is 12.3 Å². The SMILES string of the molecule is CC(C)Oc1cccc2c1nc(Cn1cccc(N)c1=O)n2SF. The number of para-hydroxylation sites is 1. The molecule has 0 bridgehead atoms. The van der Waals surface area contributed by atoms with Crippen molar-refractivity contribution < 1.29 is 8.62 Å². The van der Waals surface area contributed by atoms with Crippen LogP contribution >= 0.6 is 12.3 Å². The molecular formula is C16H17FN4O2S. The number of pyridine rings is 1. The first-order chi connectivity index (χ1) is 11.5. The zero-order chi connectivity index (χ0) is 17.3. The van der Waals surface area contributed by atoms with Gasteiger partial charge in [0.25, 0.3) is 5.56 Å². The normalized spacial score (nSPS) is 11.3. The van der Waals surface area contributed by atoms with E-state index in [1.54, 1.807) is 30.5 Å². The lowest BCUT2D eigenvalue weighted by Crippen LogP contribution is -2.23. The van der Waals surface area contributed by atoms with Crippen molar-refractivity contribution in [1.82, 2.24) is 13.5 Å². The molecule has 1 aromatic carbocycles. The van der Waals surface area contributed by atoms with E-state index in [4.69, 9.17) is 10.5 Å². The Morgan fingerprint density at radius 3 is 2.83 bits per heavy atom. The van der Waals surface area contributed by atoms with Crippen molar-refractivity contribution in [2.24, 2.45) is 0 Å². The van der Waals surface area contributed by atoms with Gasteiger partial charge in [-0.25, -0.2) is 8.96 Å². The van der Waals surface area contributed by atoms with Gasteiger partial charge in [0.1, 0.15) is 17.1 Å². The summed E-state index contributed by atoms with van der Waals surface area (Å²) in [6.07, 6.45) is 1.57. The number of aromatic nitrogens is 3. The third-order valence-electron chi connectivity index (χ3n) is 3.46. The smallest absolute Gasteiger partial charge is 0.274 e. The van der Waals surface area contributed by atoms with E-state index in [1.165, 1.54) is 14.6 Å². The second kappa shape index (κ2) is 6.56. The Kier molecular flexibility index (Phi) is 4.48. The second-order valence-corrected chi connectivity index (χ2v) is 6.08. The summed E-state index contributed by atoms with van der Waals surface area (Å²) in [5.41, 5.74) is 6.59. The van der Waals surface area contributed by atoms with E-state index in [2.05, 4.69) is 4.98 Å². The predicted molar refractivity (Wildman–Crippen MR) is 93.8 cm³/mol. The summed E-state index contributed by atoms with van der Waals surface area (Å²) in [6.45, 7) is 3.93. The summed E-state index contributed by atoms with van der Waals surface area (Å²) in [7, 11) is 0. The third kappa shape index (κ3) is 2.96. The van der Waals surface area contributed by atoms with Gasteiger partial charge < -0.3 is 15.0 Å². The van der Waals surface area contributed by atoms with E-state index in [-0.39, 0.29) is 36.2 Å². The topological polar surface area (TPSA) is 75.1 Å². The molecular weight excluding hydrogens is 331 g/mol. The second-order valence-electron chi connectivity index (χ2n) is 5.58. The summed E-state index contributed by atoms with van der Waals surface area (Å²) in [5.74, 6) is 0.974. The van der Waals surface area contributed by atoms with Crippen LogP contribution in [0.25, 0.3) is 11.0 Å². The first kappa shape index (κ1) is 16.4. The summed E-state index contributed by atoms with van der Waals surface area (Å²) in [4.78, 5) is 16.6. The van der Waals surface area contributed by atoms with Crippen molar-refractivity contribution in [3.8, 4) is 5.75 Å². The van der Waals surface area contributed by atoms with Crippen molar-refractivity contribution in [3.05, 3.63) is 52.7 Å². The number of rotatable bonds is 5. The van der Waals surface area contributed by atoms with E-state index >= 15 is 0 Å².